The van der Waals surface area contributed by atoms with Gasteiger partial charge < -0.3 is 10.3 Å². The Balaban J connectivity index is 1.97. The normalized spacial score (nSPS) is 11.7. The first-order valence-corrected chi connectivity index (χ1v) is 10.1. The summed E-state index contributed by atoms with van der Waals surface area (Å²) in [4.78, 5) is 16.0. The Morgan fingerprint density at radius 2 is 1.67 bits per heavy atom. The standard InChI is InChI=1S/C20H23N3O3S/c1-11-6-7-15(9-18(11)27(25,26)21-5)22-20(24)17-10-16-13(3)8-12(2)14(4)19(16)23-17/h6-10,21,23H,1-5H3,(H,22,24). The number of rotatable bonds is 4. The molecule has 0 saturated heterocycles. The Labute approximate surface area is 159 Å². The molecular weight excluding hydrogens is 362 g/mol. The first kappa shape index (κ1) is 19.1. The molecule has 0 bridgehead atoms. The molecule has 3 N–H and O–H groups in total. The van der Waals surface area contributed by atoms with Crippen molar-refractivity contribution in [3.05, 3.63) is 58.3 Å². The Bertz CT molecular complexity index is 1160. The highest BCUT2D eigenvalue weighted by Crippen LogP contribution is 2.26. The molecule has 27 heavy (non-hydrogen) atoms. The molecule has 0 unspecified atom stereocenters. The second kappa shape index (κ2) is 6.83. The average Bonchev–Trinajstić information content (AvgIpc) is 3.07. The molecule has 6 nitrogen and oxygen atoms in total. The highest BCUT2D eigenvalue weighted by atomic mass is 32.2. The van der Waals surface area contributed by atoms with Gasteiger partial charge >= 0.3 is 0 Å². The van der Waals surface area contributed by atoms with Crippen LogP contribution in [0, 0.1) is 27.7 Å². The molecule has 0 radical (unpaired) electrons. The second-order valence-electron chi connectivity index (χ2n) is 6.75. The van der Waals surface area contributed by atoms with Gasteiger partial charge in [0.2, 0.25) is 10.0 Å². The van der Waals surface area contributed by atoms with Crippen molar-refractivity contribution < 1.29 is 13.2 Å². The van der Waals surface area contributed by atoms with Gasteiger partial charge in [-0.05, 0) is 75.2 Å². The summed E-state index contributed by atoms with van der Waals surface area (Å²) in [6.45, 7) is 7.78. The van der Waals surface area contributed by atoms with E-state index in [1.807, 2.05) is 26.8 Å². The molecule has 0 aliphatic rings. The maximum absolute atomic E-state index is 12.7. The Morgan fingerprint density at radius 3 is 2.33 bits per heavy atom. The number of nitrogens with one attached hydrogen (secondary N) is 3. The number of fused-ring (bicyclic) bond motifs is 1. The number of aromatic nitrogens is 1. The van der Waals surface area contributed by atoms with Crippen LogP contribution in [0.25, 0.3) is 10.9 Å². The highest BCUT2D eigenvalue weighted by molar-refractivity contribution is 7.89. The number of H-pyrrole nitrogens is 1. The van der Waals surface area contributed by atoms with Crippen molar-refractivity contribution in [3.8, 4) is 0 Å². The van der Waals surface area contributed by atoms with Gasteiger partial charge in [-0.1, -0.05) is 12.1 Å². The van der Waals surface area contributed by atoms with Crippen LogP contribution in [-0.4, -0.2) is 26.4 Å². The lowest BCUT2D eigenvalue weighted by molar-refractivity contribution is 0.102. The van der Waals surface area contributed by atoms with Crippen LogP contribution in [0.15, 0.2) is 35.2 Å². The van der Waals surface area contributed by atoms with E-state index in [0.29, 0.717) is 16.9 Å². The summed E-state index contributed by atoms with van der Waals surface area (Å²) >= 11 is 0. The molecule has 7 heteroatoms. The number of aromatic amines is 1. The summed E-state index contributed by atoms with van der Waals surface area (Å²) in [6, 6.07) is 8.74. The lowest BCUT2D eigenvalue weighted by Crippen LogP contribution is -2.20. The largest absolute Gasteiger partial charge is 0.350 e. The van der Waals surface area contributed by atoms with E-state index in [1.165, 1.54) is 13.1 Å². The molecule has 1 aromatic heterocycles. The van der Waals surface area contributed by atoms with Crippen molar-refractivity contribution in [1.82, 2.24) is 9.71 Å². The zero-order chi connectivity index (χ0) is 19.9. The zero-order valence-electron chi connectivity index (χ0n) is 16.0. The number of amides is 1. The first-order valence-electron chi connectivity index (χ1n) is 8.59. The van der Waals surface area contributed by atoms with E-state index in [-0.39, 0.29) is 10.8 Å². The van der Waals surface area contributed by atoms with Gasteiger partial charge in [0.1, 0.15) is 5.69 Å². The number of hydrogen-bond acceptors (Lipinski definition) is 3. The van der Waals surface area contributed by atoms with E-state index in [4.69, 9.17) is 0 Å². The van der Waals surface area contributed by atoms with Gasteiger partial charge in [-0.25, -0.2) is 13.1 Å². The van der Waals surface area contributed by atoms with Crippen molar-refractivity contribution in [1.29, 1.82) is 0 Å². The van der Waals surface area contributed by atoms with Crippen molar-refractivity contribution in [2.45, 2.75) is 32.6 Å². The average molecular weight is 385 g/mol. The van der Waals surface area contributed by atoms with Crippen LogP contribution >= 0.6 is 0 Å². The lowest BCUT2D eigenvalue weighted by atomic mass is 10.0. The fraction of sp³-hybridized carbons (Fsp3) is 0.250. The summed E-state index contributed by atoms with van der Waals surface area (Å²) in [5.74, 6) is -0.320. The van der Waals surface area contributed by atoms with Crippen LogP contribution in [-0.2, 0) is 10.0 Å². The van der Waals surface area contributed by atoms with Crippen molar-refractivity contribution in [2.75, 3.05) is 12.4 Å². The van der Waals surface area contributed by atoms with Crippen LogP contribution in [0.1, 0.15) is 32.7 Å². The van der Waals surface area contributed by atoms with E-state index in [1.54, 1.807) is 19.1 Å². The molecule has 0 saturated carbocycles. The Kier molecular flexibility index (Phi) is 4.84. The molecule has 0 spiro atoms. The van der Waals surface area contributed by atoms with Gasteiger partial charge in [-0.15, -0.1) is 0 Å². The van der Waals surface area contributed by atoms with Crippen molar-refractivity contribution >= 4 is 32.5 Å². The van der Waals surface area contributed by atoms with Crippen molar-refractivity contribution in [2.24, 2.45) is 0 Å². The molecule has 1 amide bonds. The van der Waals surface area contributed by atoms with Gasteiger partial charge in [0.15, 0.2) is 0 Å². The number of sulfonamides is 1. The van der Waals surface area contributed by atoms with Crippen LogP contribution in [0.5, 0.6) is 0 Å². The molecule has 142 valence electrons. The third-order valence-corrected chi connectivity index (χ3v) is 6.45. The van der Waals surface area contributed by atoms with Gasteiger partial charge in [-0.3, -0.25) is 4.79 Å². The van der Waals surface area contributed by atoms with E-state index >= 15 is 0 Å². The van der Waals surface area contributed by atoms with Gasteiger partial charge in [-0.2, -0.15) is 0 Å². The summed E-state index contributed by atoms with van der Waals surface area (Å²) in [5, 5.41) is 3.78. The van der Waals surface area contributed by atoms with E-state index < -0.39 is 10.0 Å². The van der Waals surface area contributed by atoms with E-state index in [2.05, 4.69) is 21.1 Å². The van der Waals surface area contributed by atoms with Crippen molar-refractivity contribution in [3.63, 3.8) is 0 Å². The highest BCUT2D eigenvalue weighted by Gasteiger charge is 2.17. The second-order valence-corrected chi connectivity index (χ2v) is 8.60. The minimum atomic E-state index is -3.60. The molecule has 3 rings (SSSR count). The predicted molar refractivity (Wildman–Crippen MR) is 108 cm³/mol. The monoisotopic (exact) mass is 385 g/mol. The zero-order valence-corrected chi connectivity index (χ0v) is 16.8. The number of benzene rings is 2. The first-order chi connectivity index (χ1) is 12.6. The maximum Gasteiger partial charge on any atom is 0.272 e. The smallest absolute Gasteiger partial charge is 0.272 e. The fourth-order valence-electron chi connectivity index (χ4n) is 3.17. The molecule has 1 heterocycles. The third-order valence-electron chi connectivity index (χ3n) is 4.89. The minimum Gasteiger partial charge on any atom is -0.350 e. The number of hydrogen-bond donors (Lipinski definition) is 3. The topological polar surface area (TPSA) is 91.1 Å². The van der Waals surface area contributed by atoms with Crippen LogP contribution in [0.2, 0.25) is 0 Å². The van der Waals surface area contributed by atoms with Gasteiger partial charge in [0.05, 0.1) is 4.90 Å². The molecule has 0 atom stereocenters. The Morgan fingerprint density at radius 1 is 0.963 bits per heavy atom. The fourth-order valence-corrected chi connectivity index (χ4v) is 4.16. The maximum atomic E-state index is 12.7. The lowest BCUT2D eigenvalue weighted by Gasteiger charge is -2.10. The molecule has 0 aliphatic carbocycles. The molecular formula is C20H23N3O3S. The summed E-state index contributed by atoms with van der Waals surface area (Å²) < 4.78 is 26.5. The Hall–Kier alpha value is -2.64. The van der Waals surface area contributed by atoms with E-state index in [0.717, 1.165) is 27.6 Å². The summed E-state index contributed by atoms with van der Waals surface area (Å²) in [6.07, 6.45) is 0. The number of aryl methyl sites for hydroxylation is 4. The van der Waals surface area contributed by atoms with Gasteiger partial charge in [0.25, 0.3) is 5.91 Å². The summed E-state index contributed by atoms with van der Waals surface area (Å²) in [5.41, 5.74) is 5.76. The SMILES string of the molecule is CNS(=O)(=O)c1cc(NC(=O)c2cc3c(C)cc(C)c(C)c3[nH]2)ccc1C. The summed E-state index contributed by atoms with van der Waals surface area (Å²) in [7, 11) is -2.24. The molecule has 2 aromatic carbocycles. The van der Waals surface area contributed by atoms with E-state index in [9.17, 15) is 13.2 Å². The molecule has 0 fully saturated rings. The predicted octanol–water partition coefficient (Wildman–Crippen LogP) is 3.56. The third kappa shape index (κ3) is 3.48. The van der Waals surface area contributed by atoms with Gasteiger partial charge in [0, 0.05) is 16.6 Å². The van der Waals surface area contributed by atoms with Crippen LogP contribution in [0.4, 0.5) is 5.69 Å². The number of carbonyl (C=O) groups excluding carboxylic acids is 1. The number of anilines is 1. The van der Waals surface area contributed by atoms with Crippen LogP contribution < -0.4 is 10.0 Å². The van der Waals surface area contributed by atoms with Crippen LogP contribution in [0.3, 0.4) is 0 Å². The molecule has 0 aliphatic heterocycles. The minimum absolute atomic E-state index is 0.141. The molecule has 3 aromatic rings. The quantitative estimate of drug-likeness (QED) is 0.641. The number of carbonyl (C=O) groups is 1.